The van der Waals surface area contributed by atoms with Gasteiger partial charge in [0.15, 0.2) is 0 Å². The molecule has 3 amide bonds. The van der Waals surface area contributed by atoms with Crippen LogP contribution in [0.25, 0.3) is 0 Å². The maximum absolute atomic E-state index is 13.9. The summed E-state index contributed by atoms with van der Waals surface area (Å²) in [5.41, 5.74) is -0.385. The van der Waals surface area contributed by atoms with E-state index in [2.05, 4.69) is 17.6 Å². The minimum atomic E-state index is -1.04. The molecular weight excluding hydrogens is 434 g/mol. The van der Waals surface area contributed by atoms with E-state index >= 15 is 0 Å². The van der Waals surface area contributed by atoms with Crippen molar-refractivity contribution in [1.82, 2.24) is 10.2 Å². The van der Waals surface area contributed by atoms with Crippen molar-refractivity contribution in [3.63, 3.8) is 0 Å². The van der Waals surface area contributed by atoms with Crippen molar-refractivity contribution in [1.29, 1.82) is 0 Å². The van der Waals surface area contributed by atoms with Crippen LogP contribution < -0.4 is 10.6 Å². The van der Waals surface area contributed by atoms with Gasteiger partial charge in [-0.15, -0.1) is 0 Å². The molecule has 0 saturated carbocycles. The Morgan fingerprint density at radius 2 is 1.94 bits per heavy atom. The van der Waals surface area contributed by atoms with E-state index in [9.17, 15) is 19.5 Å². The second-order valence-corrected chi connectivity index (χ2v) is 10.1. The number of benzene rings is 1. The number of nitrogens with one attached hydrogen (secondary N) is 2. The van der Waals surface area contributed by atoms with E-state index in [1.54, 1.807) is 12.1 Å². The zero-order valence-electron chi connectivity index (χ0n) is 20.3. The van der Waals surface area contributed by atoms with E-state index in [4.69, 9.17) is 4.74 Å². The first-order valence-corrected chi connectivity index (χ1v) is 12.6. The number of para-hydroxylation sites is 1. The second kappa shape index (κ2) is 10.0. The van der Waals surface area contributed by atoms with Crippen LogP contribution >= 0.6 is 0 Å². The topological polar surface area (TPSA) is 108 Å². The molecule has 2 unspecified atom stereocenters. The minimum absolute atomic E-state index is 0.0617. The zero-order chi connectivity index (χ0) is 24.5. The van der Waals surface area contributed by atoms with Crippen LogP contribution in [0.3, 0.4) is 0 Å². The quantitative estimate of drug-likeness (QED) is 0.454. The standard InChI is InChI=1S/C26H37N3O5/c1-4-5-9-14-27-24(32)22-26-13-12-19(34-26)20(23(31)28-17-10-7-6-8-11-17)21(26)25(33)29(22)18(15-30)16(2)3/h6-8,10-11,16,18-22,30H,4-5,9,12-15H2,1-3H3,(H,27,32)(H,28,31)/t18-,19+,20-,21-,22?,26?/m0/s1. The number of carbonyl (C=O) groups excluding carboxylic acids is 3. The second-order valence-electron chi connectivity index (χ2n) is 10.1. The van der Waals surface area contributed by atoms with Crippen LogP contribution in [0.1, 0.15) is 52.9 Å². The molecule has 3 aliphatic rings. The van der Waals surface area contributed by atoms with Crippen LogP contribution in [0.15, 0.2) is 30.3 Å². The summed E-state index contributed by atoms with van der Waals surface area (Å²) >= 11 is 0. The van der Waals surface area contributed by atoms with Gasteiger partial charge in [0.2, 0.25) is 17.7 Å². The number of unbranched alkanes of at least 4 members (excludes halogenated alkanes) is 2. The number of ether oxygens (including phenoxy) is 1. The molecule has 6 atom stereocenters. The lowest BCUT2D eigenvalue weighted by atomic mass is 9.70. The third-order valence-corrected chi connectivity index (χ3v) is 7.72. The lowest BCUT2D eigenvalue weighted by molar-refractivity contribution is -0.146. The Morgan fingerprint density at radius 1 is 1.21 bits per heavy atom. The Hall–Kier alpha value is -2.45. The van der Waals surface area contributed by atoms with Crippen molar-refractivity contribution in [3.05, 3.63) is 30.3 Å². The van der Waals surface area contributed by atoms with Gasteiger partial charge in [0.25, 0.3) is 0 Å². The van der Waals surface area contributed by atoms with Gasteiger partial charge in [0, 0.05) is 12.2 Å². The SMILES string of the molecule is CCCCCNC(=O)C1N([C@@H](CO)C(C)C)C(=O)[C@@H]2[C@@H](C(=O)Nc3ccccc3)[C@H]3CCC12O3. The number of nitrogens with zero attached hydrogens (tertiary/aromatic N) is 1. The molecule has 0 aliphatic carbocycles. The van der Waals surface area contributed by atoms with Gasteiger partial charge in [-0.1, -0.05) is 51.8 Å². The van der Waals surface area contributed by atoms with Gasteiger partial charge in [-0.3, -0.25) is 14.4 Å². The molecule has 34 heavy (non-hydrogen) atoms. The third-order valence-electron chi connectivity index (χ3n) is 7.72. The number of amides is 3. The first-order chi connectivity index (χ1) is 16.4. The van der Waals surface area contributed by atoms with Crippen LogP contribution in [0.5, 0.6) is 0 Å². The summed E-state index contributed by atoms with van der Waals surface area (Å²) in [4.78, 5) is 42.4. The molecule has 8 heteroatoms. The smallest absolute Gasteiger partial charge is 0.245 e. The molecule has 3 N–H and O–H groups in total. The van der Waals surface area contributed by atoms with E-state index in [0.29, 0.717) is 25.1 Å². The highest BCUT2D eigenvalue weighted by Gasteiger charge is 2.75. The fraction of sp³-hybridized carbons (Fsp3) is 0.654. The van der Waals surface area contributed by atoms with Crippen LogP contribution in [-0.2, 0) is 19.1 Å². The first kappa shape index (κ1) is 24.7. The van der Waals surface area contributed by atoms with Crippen LogP contribution in [-0.4, -0.2) is 64.7 Å². The Bertz CT molecular complexity index is 907. The molecule has 0 aromatic heterocycles. The van der Waals surface area contributed by atoms with Crippen molar-refractivity contribution < 1.29 is 24.2 Å². The Kier molecular flexibility index (Phi) is 7.28. The molecule has 3 saturated heterocycles. The summed E-state index contributed by atoms with van der Waals surface area (Å²) in [6.07, 6.45) is 3.67. The molecule has 186 valence electrons. The molecule has 3 aliphatic heterocycles. The van der Waals surface area contributed by atoms with E-state index in [0.717, 1.165) is 19.3 Å². The highest BCUT2D eigenvalue weighted by molar-refractivity contribution is 6.02. The van der Waals surface area contributed by atoms with Gasteiger partial charge in [-0.2, -0.15) is 0 Å². The molecule has 4 rings (SSSR count). The van der Waals surface area contributed by atoms with Crippen LogP contribution in [0.2, 0.25) is 0 Å². The normalized spacial score (nSPS) is 30.5. The summed E-state index contributed by atoms with van der Waals surface area (Å²) in [7, 11) is 0. The maximum atomic E-state index is 13.9. The van der Waals surface area contributed by atoms with Crippen molar-refractivity contribution in [2.45, 2.75) is 76.7 Å². The number of rotatable bonds is 10. The van der Waals surface area contributed by atoms with Crippen molar-refractivity contribution >= 4 is 23.4 Å². The van der Waals surface area contributed by atoms with Gasteiger partial charge in [0.1, 0.15) is 11.6 Å². The number of aliphatic hydroxyl groups is 1. The van der Waals surface area contributed by atoms with Crippen LogP contribution in [0.4, 0.5) is 5.69 Å². The molecule has 1 aromatic rings. The summed E-state index contributed by atoms with van der Waals surface area (Å²) in [6, 6.07) is 7.77. The van der Waals surface area contributed by atoms with E-state index in [1.165, 1.54) is 4.90 Å². The predicted octanol–water partition coefficient (Wildman–Crippen LogP) is 2.32. The monoisotopic (exact) mass is 471 g/mol. The molecule has 3 fully saturated rings. The fourth-order valence-electron chi connectivity index (χ4n) is 6.10. The number of carbonyl (C=O) groups is 3. The highest BCUT2D eigenvalue weighted by Crippen LogP contribution is 2.59. The number of fused-ring (bicyclic) bond motifs is 1. The lowest BCUT2D eigenvalue weighted by Gasteiger charge is -2.38. The fourth-order valence-corrected chi connectivity index (χ4v) is 6.10. The highest BCUT2D eigenvalue weighted by atomic mass is 16.5. The molecular formula is C26H37N3O5. The number of likely N-dealkylation sites (tertiary alicyclic amines) is 1. The van der Waals surface area contributed by atoms with Gasteiger partial charge >= 0.3 is 0 Å². The molecule has 3 heterocycles. The molecule has 0 radical (unpaired) electrons. The Balaban J connectivity index is 1.65. The lowest BCUT2D eigenvalue weighted by Crippen LogP contribution is -2.59. The number of hydrogen-bond acceptors (Lipinski definition) is 5. The molecule has 2 bridgehead atoms. The molecule has 1 spiro atoms. The van der Waals surface area contributed by atoms with Gasteiger partial charge in [0.05, 0.1) is 30.6 Å². The summed E-state index contributed by atoms with van der Waals surface area (Å²) in [6.45, 7) is 6.22. The molecule has 1 aromatic carbocycles. The van der Waals surface area contributed by atoms with Crippen LogP contribution in [0, 0.1) is 17.8 Å². The Labute approximate surface area is 201 Å². The van der Waals surface area contributed by atoms with Gasteiger partial charge in [-0.05, 0) is 37.3 Å². The Morgan fingerprint density at radius 3 is 2.59 bits per heavy atom. The first-order valence-electron chi connectivity index (χ1n) is 12.6. The number of aliphatic hydroxyl groups excluding tert-OH is 1. The summed E-state index contributed by atoms with van der Waals surface area (Å²) in [5.74, 6) is -2.26. The molecule has 8 nitrogen and oxygen atoms in total. The predicted molar refractivity (Wildman–Crippen MR) is 128 cm³/mol. The third kappa shape index (κ3) is 4.11. The van der Waals surface area contributed by atoms with E-state index < -0.39 is 35.6 Å². The largest absolute Gasteiger partial charge is 0.394 e. The maximum Gasteiger partial charge on any atom is 0.245 e. The van der Waals surface area contributed by atoms with Gasteiger partial charge in [-0.25, -0.2) is 0 Å². The minimum Gasteiger partial charge on any atom is -0.394 e. The van der Waals surface area contributed by atoms with Crippen molar-refractivity contribution in [3.8, 4) is 0 Å². The van der Waals surface area contributed by atoms with Gasteiger partial charge < -0.3 is 25.4 Å². The van der Waals surface area contributed by atoms with E-state index in [-0.39, 0.29) is 30.2 Å². The number of anilines is 1. The zero-order valence-corrected chi connectivity index (χ0v) is 20.3. The van der Waals surface area contributed by atoms with E-state index in [1.807, 2.05) is 32.0 Å². The van der Waals surface area contributed by atoms with Crippen molar-refractivity contribution in [2.24, 2.45) is 17.8 Å². The van der Waals surface area contributed by atoms with Crippen molar-refractivity contribution in [2.75, 3.05) is 18.5 Å². The number of hydrogen-bond donors (Lipinski definition) is 3. The summed E-state index contributed by atoms with van der Waals surface area (Å²) in [5, 5.41) is 16.1. The summed E-state index contributed by atoms with van der Waals surface area (Å²) < 4.78 is 6.43. The average molecular weight is 472 g/mol. The average Bonchev–Trinajstić information content (AvgIpc) is 3.45.